The standard InChI is InChI=1S/C18H27NO2/c1-3-14-8-6-7-11-17(14)19-13-16-10-5-4-9-15(16)12-18(20)21-2/h4-5,9-10,14,17,19H,3,6-8,11-13H2,1-2H3. The molecule has 2 rings (SSSR count). The zero-order valence-electron chi connectivity index (χ0n) is 13.2. The van der Waals surface area contributed by atoms with E-state index in [2.05, 4.69) is 18.3 Å². The highest BCUT2D eigenvalue weighted by Gasteiger charge is 2.23. The van der Waals surface area contributed by atoms with E-state index in [0.29, 0.717) is 12.5 Å². The van der Waals surface area contributed by atoms with Crippen molar-refractivity contribution in [3.05, 3.63) is 35.4 Å². The minimum atomic E-state index is -0.174. The van der Waals surface area contributed by atoms with Gasteiger partial charge in [-0.2, -0.15) is 0 Å². The first-order chi connectivity index (χ1) is 10.2. The molecule has 0 saturated heterocycles. The number of esters is 1. The first-order valence-corrected chi connectivity index (χ1v) is 8.11. The predicted molar refractivity (Wildman–Crippen MR) is 85.0 cm³/mol. The average molecular weight is 289 g/mol. The van der Waals surface area contributed by atoms with Gasteiger partial charge in [0.2, 0.25) is 0 Å². The number of carbonyl (C=O) groups excluding carboxylic acids is 1. The van der Waals surface area contributed by atoms with Crippen LogP contribution in [0.15, 0.2) is 24.3 Å². The van der Waals surface area contributed by atoms with E-state index in [1.165, 1.54) is 44.8 Å². The Morgan fingerprint density at radius 3 is 2.67 bits per heavy atom. The Hall–Kier alpha value is -1.35. The number of ether oxygens (including phenoxy) is 1. The van der Waals surface area contributed by atoms with Gasteiger partial charge < -0.3 is 10.1 Å². The molecular formula is C18H27NO2. The summed E-state index contributed by atoms with van der Waals surface area (Å²) >= 11 is 0. The van der Waals surface area contributed by atoms with Crippen molar-refractivity contribution in [2.75, 3.05) is 7.11 Å². The summed E-state index contributed by atoms with van der Waals surface area (Å²) in [5.74, 6) is 0.623. The van der Waals surface area contributed by atoms with E-state index in [1.54, 1.807) is 0 Å². The van der Waals surface area contributed by atoms with Crippen LogP contribution in [-0.4, -0.2) is 19.1 Å². The SMILES string of the molecule is CCC1CCCCC1NCc1ccccc1CC(=O)OC. The lowest BCUT2D eigenvalue weighted by atomic mass is 9.83. The normalized spacial score (nSPS) is 22.0. The van der Waals surface area contributed by atoms with Crippen LogP contribution in [0, 0.1) is 5.92 Å². The quantitative estimate of drug-likeness (QED) is 0.815. The number of benzene rings is 1. The van der Waals surface area contributed by atoms with Gasteiger partial charge in [0.05, 0.1) is 13.5 Å². The fraction of sp³-hybridized carbons (Fsp3) is 0.611. The summed E-state index contributed by atoms with van der Waals surface area (Å²) < 4.78 is 4.78. The number of rotatable bonds is 6. The van der Waals surface area contributed by atoms with E-state index in [0.717, 1.165) is 18.0 Å². The van der Waals surface area contributed by atoms with Gasteiger partial charge >= 0.3 is 5.97 Å². The van der Waals surface area contributed by atoms with E-state index >= 15 is 0 Å². The lowest BCUT2D eigenvalue weighted by Gasteiger charge is -2.32. The summed E-state index contributed by atoms with van der Waals surface area (Å²) in [7, 11) is 1.44. The Morgan fingerprint density at radius 1 is 1.24 bits per heavy atom. The molecule has 0 heterocycles. The van der Waals surface area contributed by atoms with Crippen LogP contribution in [0.4, 0.5) is 0 Å². The van der Waals surface area contributed by atoms with Crippen molar-refractivity contribution >= 4 is 5.97 Å². The van der Waals surface area contributed by atoms with Crippen molar-refractivity contribution < 1.29 is 9.53 Å². The van der Waals surface area contributed by atoms with Gasteiger partial charge in [0.15, 0.2) is 0 Å². The summed E-state index contributed by atoms with van der Waals surface area (Å²) in [6.07, 6.45) is 6.93. The average Bonchev–Trinajstić information content (AvgIpc) is 2.54. The zero-order chi connectivity index (χ0) is 15.1. The van der Waals surface area contributed by atoms with Crippen LogP contribution in [0.1, 0.15) is 50.2 Å². The first-order valence-electron chi connectivity index (χ1n) is 8.11. The van der Waals surface area contributed by atoms with Crippen LogP contribution < -0.4 is 5.32 Å². The molecule has 0 spiro atoms. The van der Waals surface area contributed by atoms with E-state index in [-0.39, 0.29) is 5.97 Å². The van der Waals surface area contributed by atoms with Gasteiger partial charge in [0, 0.05) is 12.6 Å². The maximum atomic E-state index is 11.5. The van der Waals surface area contributed by atoms with Gasteiger partial charge in [-0.25, -0.2) is 0 Å². The summed E-state index contributed by atoms with van der Waals surface area (Å²) in [5.41, 5.74) is 2.28. The van der Waals surface area contributed by atoms with Gasteiger partial charge in [0.25, 0.3) is 0 Å². The number of methoxy groups -OCH3 is 1. The third kappa shape index (κ3) is 4.57. The number of nitrogens with one attached hydrogen (secondary N) is 1. The smallest absolute Gasteiger partial charge is 0.309 e. The lowest BCUT2D eigenvalue weighted by Crippen LogP contribution is -2.38. The molecule has 0 aromatic heterocycles. The molecular weight excluding hydrogens is 262 g/mol. The molecule has 0 aliphatic heterocycles. The van der Waals surface area contributed by atoms with Crippen LogP contribution in [0.25, 0.3) is 0 Å². The summed E-state index contributed by atoms with van der Waals surface area (Å²) in [6.45, 7) is 3.13. The van der Waals surface area contributed by atoms with Crippen molar-refractivity contribution in [1.29, 1.82) is 0 Å². The van der Waals surface area contributed by atoms with E-state index in [1.807, 2.05) is 18.2 Å². The third-order valence-electron chi connectivity index (χ3n) is 4.67. The van der Waals surface area contributed by atoms with Crippen LogP contribution in [-0.2, 0) is 22.5 Å². The fourth-order valence-electron chi connectivity index (χ4n) is 3.34. The van der Waals surface area contributed by atoms with Gasteiger partial charge in [-0.3, -0.25) is 4.79 Å². The molecule has 0 bridgehead atoms. The summed E-state index contributed by atoms with van der Waals surface area (Å²) in [5, 5.41) is 3.72. The van der Waals surface area contributed by atoms with Crippen molar-refractivity contribution in [2.24, 2.45) is 5.92 Å². The first kappa shape index (κ1) is 16.0. The maximum Gasteiger partial charge on any atom is 0.309 e. The van der Waals surface area contributed by atoms with E-state index < -0.39 is 0 Å². The second kappa shape index (κ2) is 8.18. The third-order valence-corrected chi connectivity index (χ3v) is 4.67. The molecule has 1 aliphatic rings. The Labute approximate surface area is 128 Å². The molecule has 1 saturated carbocycles. The van der Waals surface area contributed by atoms with Crippen molar-refractivity contribution in [3.8, 4) is 0 Å². The highest BCUT2D eigenvalue weighted by molar-refractivity contribution is 5.72. The maximum absolute atomic E-state index is 11.5. The highest BCUT2D eigenvalue weighted by Crippen LogP contribution is 2.27. The van der Waals surface area contributed by atoms with Gasteiger partial charge in [-0.05, 0) is 29.9 Å². The van der Waals surface area contributed by atoms with Crippen LogP contribution in [0.2, 0.25) is 0 Å². The molecule has 1 aliphatic carbocycles. The van der Waals surface area contributed by atoms with Crippen LogP contribution in [0.5, 0.6) is 0 Å². The van der Waals surface area contributed by atoms with Gasteiger partial charge in [0.1, 0.15) is 0 Å². The Bertz CT molecular complexity index is 458. The molecule has 1 aromatic rings. The Morgan fingerprint density at radius 2 is 1.95 bits per heavy atom. The van der Waals surface area contributed by atoms with E-state index in [4.69, 9.17) is 4.74 Å². The molecule has 0 amide bonds. The molecule has 1 aromatic carbocycles. The van der Waals surface area contributed by atoms with Crippen molar-refractivity contribution in [3.63, 3.8) is 0 Å². The molecule has 1 fully saturated rings. The highest BCUT2D eigenvalue weighted by atomic mass is 16.5. The zero-order valence-corrected chi connectivity index (χ0v) is 13.2. The second-order valence-corrected chi connectivity index (χ2v) is 5.96. The number of hydrogen-bond donors (Lipinski definition) is 1. The van der Waals surface area contributed by atoms with Crippen LogP contribution in [0.3, 0.4) is 0 Å². The minimum absolute atomic E-state index is 0.174. The van der Waals surface area contributed by atoms with Gasteiger partial charge in [-0.15, -0.1) is 0 Å². The van der Waals surface area contributed by atoms with Crippen LogP contribution >= 0.6 is 0 Å². The molecule has 3 nitrogen and oxygen atoms in total. The summed E-state index contributed by atoms with van der Waals surface area (Å²) in [4.78, 5) is 11.5. The predicted octanol–water partition coefficient (Wildman–Crippen LogP) is 3.46. The van der Waals surface area contributed by atoms with Crippen molar-refractivity contribution in [2.45, 2.75) is 58.0 Å². The molecule has 3 heteroatoms. The summed E-state index contributed by atoms with van der Waals surface area (Å²) in [6, 6.07) is 8.77. The van der Waals surface area contributed by atoms with Gasteiger partial charge in [-0.1, -0.05) is 50.5 Å². The Kier molecular flexibility index (Phi) is 6.24. The van der Waals surface area contributed by atoms with Crippen molar-refractivity contribution in [1.82, 2.24) is 5.32 Å². The largest absolute Gasteiger partial charge is 0.469 e. The molecule has 21 heavy (non-hydrogen) atoms. The molecule has 1 N–H and O–H groups in total. The Balaban J connectivity index is 1.97. The molecule has 2 atom stereocenters. The molecule has 2 unspecified atom stereocenters. The second-order valence-electron chi connectivity index (χ2n) is 5.96. The fourth-order valence-corrected chi connectivity index (χ4v) is 3.34. The number of carbonyl (C=O) groups is 1. The lowest BCUT2D eigenvalue weighted by molar-refractivity contribution is -0.139. The monoisotopic (exact) mass is 289 g/mol. The number of hydrogen-bond acceptors (Lipinski definition) is 3. The molecule has 0 radical (unpaired) electrons. The molecule has 116 valence electrons. The van der Waals surface area contributed by atoms with E-state index in [9.17, 15) is 4.79 Å². The minimum Gasteiger partial charge on any atom is -0.469 e. The topological polar surface area (TPSA) is 38.3 Å².